The molecule has 0 radical (unpaired) electrons. The van der Waals surface area contributed by atoms with Crippen LogP contribution < -0.4 is 0 Å². The number of carboxylic acid groups (broad SMARTS) is 1. The maximum absolute atomic E-state index is 10.9. The van der Waals surface area contributed by atoms with Crippen LogP contribution in [0.4, 0.5) is 0 Å². The molecule has 0 aliphatic heterocycles. The van der Waals surface area contributed by atoms with E-state index in [1.54, 1.807) is 6.07 Å². The molecule has 26 heavy (non-hydrogen) atoms. The lowest BCUT2D eigenvalue weighted by Gasteiger charge is -2.22. The van der Waals surface area contributed by atoms with Gasteiger partial charge in [0.05, 0.1) is 6.10 Å². The highest BCUT2D eigenvalue weighted by atomic mass is 35.5. The van der Waals surface area contributed by atoms with Crippen LogP contribution in [-0.2, 0) is 11.2 Å². The first-order valence-electron chi connectivity index (χ1n) is 9.24. The van der Waals surface area contributed by atoms with Gasteiger partial charge in [-0.25, -0.2) is 0 Å². The van der Waals surface area contributed by atoms with Crippen molar-refractivity contribution in [1.29, 1.82) is 0 Å². The highest BCUT2D eigenvalue weighted by molar-refractivity contribution is 6.21. The fourth-order valence-corrected chi connectivity index (χ4v) is 4.23. The lowest BCUT2D eigenvalue weighted by atomic mass is 9.86. The van der Waals surface area contributed by atoms with Crippen molar-refractivity contribution in [2.45, 2.75) is 56.4 Å². The first-order chi connectivity index (χ1) is 12.5. The van der Waals surface area contributed by atoms with Gasteiger partial charge in [-0.1, -0.05) is 30.4 Å². The highest BCUT2D eigenvalue weighted by Crippen LogP contribution is 2.41. The Hall–Kier alpha value is -1.65. The molecule has 0 amide bonds. The molecule has 1 aliphatic rings. The standard InChI is InChI=1S/C21H27ClO4/c22-19-13-20(24)18(11-10-15-6-5-7-16(12-15)14-23)17(19)8-3-1-2-4-9-21(25)26/h1,3,5-7,12,14,17-20,24H,2,4,8-11,13H2,(H,25,26)/b3-1-/t17-,18-,19-,20-/m1/s1. The topological polar surface area (TPSA) is 74.6 Å². The maximum atomic E-state index is 10.9. The number of unbranched alkanes of at least 4 members (excludes halogenated alkanes) is 1. The molecule has 0 aromatic heterocycles. The number of carboxylic acids is 1. The predicted molar refractivity (Wildman–Crippen MR) is 103 cm³/mol. The van der Waals surface area contributed by atoms with Crippen LogP contribution in [0.15, 0.2) is 36.4 Å². The third-order valence-electron chi connectivity index (χ3n) is 5.17. The number of alkyl halides is 1. The van der Waals surface area contributed by atoms with Gasteiger partial charge in [0.15, 0.2) is 0 Å². The zero-order chi connectivity index (χ0) is 18.9. The van der Waals surface area contributed by atoms with Gasteiger partial charge in [-0.15, -0.1) is 11.6 Å². The fraction of sp³-hybridized carbons (Fsp3) is 0.524. The quantitative estimate of drug-likeness (QED) is 0.276. The molecule has 2 N–H and O–H groups in total. The minimum absolute atomic E-state index is 0.0417. The molecule has 4 atom stereocenters. The molecule has 2 rings (SSSR count). The van der Waals surface area contributed by atoms with E-state index in [0.29, 0.717) is 18.4 Å². The average molecular weight is 379 g/mol. The summed E-state index contributed by atoms with van der Waals surface area (Å²) in [5.41, 5.74) is 1.77. The molecule has 1 aromatic rings. The van der Waals surface area contributed by atoms with E-state index in [9.17, 15) is 14.7 Å². The Morgan fingerprint density at radius 1 is 1.27 bits per heavy atom. The van der Waals surface area contributed by atoms with Gasteiger partial charge in [-0.2, -0.15) is 0 Å². The number of aldehydes is 1. The van der Waals surface area contributed by atoms with Gasteiger partial charge in [0.25, 0.3) is 0 Å². The van der Waals surface area contributed by atoms with E-state index in [0.717, 1.165) is 37.5 Å². The third kappa shape index (κ3) is 6.26. The van der Waals surface area contributed by atoms with Crippen molar-refractivity contribution in [3.05, 3.63) is 47.5 Å². The van der Waals surface area contributed by atoms with Gasteiger partial charge < -0.3 is 10.2 Å². The molecule has 142 valence electrons. The molecule has 0 bridgehead atoms. The van der Waals surface area contributed by atoms with Gasteiger partial charge >= 0.3 is 5.97 Å². The number of aryl methyl sites for hydroxylation is 1. The summed E-state index contributed by atoms with van der Waals surface area (Å²) in [6.07, 6.45) is 9.18. The number of aliphatic carboxylic acids is 1. The molecule has 1 aliphatic carbocycles. The monoisotopic (exact) mass is 378 g/mol. The summed E-state index contributed by atoms with van der Waals surface area (Å²) in [5, 5.41) is 19.0. The number of hydrogen-bond donors (Lipinski definition) is 2. The molecule has 4 nitrogen and oxygen atoms in total. The fourth-order valence-electron chi connectivity index (χ4n) is 3.76. The minimum Gasteiger partial charge on any atom is -0.481 e. The number of aliphatic hydroxyl groups is 1. The van der Waals surface area contributed by atoms with E-state index < -0.39 is 12.1 Å². The zero-order valence-electron chi connectivity index (χ0n) is 14.9. The molecular formula is C21H27ClO4. The lowest BCUT2D eigenvalue weighted by Crippen LogP contribution is -2.21. The molecule has 1 fully saturated rings. The number of hydrogen-bond acceptors (Lipinski definition) is 3. The Balaban J connectivity index is 1.87. The first-order valence-corrected chi connectivity index (χ1v) is 9.68. The van der Waals surface area contributed by atoms with E-state index in [-0.39, 0.29) is 23.6 Å². The summed E-state index contributed by atoms with van der Waals surface area (Å²) in [6, 6.07) is 7.56. The largest absolute Gasteiger partial charge is 0.481 e. The Morgan fingerprint density at radius 3 is 2.81 bits per heavy atom. The van der Waals surface area contributed by atoms with Gasteiger partial charge in [0, 0.05) is 17.4 Å². The molecule has 5 heteroatoms. The summed E-state index contributed by atoms with van der Waals surface area (Å²) in [6.45, 7) is 0. The molecular weight excluding hydrogens is 352 g/mol. The minimum atomic E-state index is -0.767. The van der Waals surface area contributed by atoms with Crippen LogP contribution in [-0.4, -0.2) is 33.9 Å². The Morgan fingerprint density at radius 2 is 2.08 bits per heavy atom. The highest BCUT2D eigenvalue weighted by Gasteiger charge is 2.40. The number of carbonyl (C=O) groups is 2. The average Bonchev–Trinajstić information content (AvgIpc) is 2.89. The van der Waals surface area contributed by atoms with Crippen molar-refractivity contribution in [3.63, 3.8) is 0 Å². The molecule has 1 saturated carbocycles. The molecule has 0 saturated heterocycles. The van der Waals surface area contributed by atoms with Gasteiger partial charge in [-0.3, -0.25) is 9.59 Å². The number of allylic oxidation sites excluding steroid dienone is 2. The number of benzene rings is 1. The van der Waals surface area contributed by atoms with E-state index in [1.807, 2.05) is 24.3 Å². The second kappa shape index (κ2) is 10.5. The lowest BCUT2D eigenvalue weighted by molar-refractivity contribution is -0.137. The molecule has 0 spiro atoms. The third-order valence-corrected chi connectivity index (χ3v) is 5.67. The van der Waals surface area contributed by atoms with Crippen LogP contribution in [0.3, 0.4) is 0 Å². The van der Waals surface area contributed by atoms with Crippen LogP contribution in [0.25, 0.3) is 0 Å². The van der Waals surface area contributed by atoms with Crippen LogP contribution in [0.2, 0.25) is 0 Å². The summed E-state index contributed by atoms with van der Waals surface area (Å²) < 4.78 is 0. The smallest absolute Gasteiger partial charge is 0.303 e. The summed E-state index contributed by atoms with van der Waals surface area (Å²) >= 11 is 6.46. The Bertz CT molecular complexity index is 628. The van der Waals surface area contributed by atoms with Gasteiger partial charge in [0.1, 0.15) is 6.29 Å². The van der Waals surface area contributed by atoms with Crippen molar-refractivity contribution in [2.75, 3.05) is 0 Å². The van der Waals surface area contributed by atoms with E-state index in [4.69, 9.17) is 16.7 Å². The number of carbonyl (C=O) groups excluding carboxylic acids is 1. The van der Waals surface area contributed by atoms with E-state index >= 15 is 0 Å². The maximum Gasteiger partial charge on any atom is 0.303 e. The Kier molecular flexibility index (Phi) is 8.33. The first kappa shape index (κ1) is 20.7. The Labute approximate surface area is 159 Å². The second-order valence-electron chi connectivity index (χ2n) is 7.04. The molecule has 0 heterocycles. The van der Waals surface area contributed by atoms with E-state index in [2.05, 4.69) is 6.08 Å². The van der Waals surface area contributed by atoms with Crippen LogP contribution in [0, 0.1) is 11.8 Å². The number of rotatable bonds is 10. The number of aliphatic hydroxyl groups excluding tert-OH is 1. The summed E-state index contributed by atoms with van der Waals surface area (Å²) in [5.74, 6) is -0.408. The van der Waals surface area contributed by atoms with Crippen LogP contribution in [0.1, 0.15) is 54.4 Å². The van der Waals surface area contributed by atoms with Crippen molar-refractivity contribution in [1.82, 2.24) is 0 Å². The van der Waals surface area contributed by atoms with Crippen LogP contribution in [0.5, 0.6) is 0 Å². The summed E-state index contributed by atoms with van der Waals surface area (Å²) in [7, 11) is 0. The normalized spacial score (nSPS) is 25.6. The van der Waals surface area contributed by atoms with Gasteiger partial charge in [0.2, 0.25) is 0 Å². The summed E-state index contributed by atoms with van der Waals surface area (Å²) in [4.78, 5) is 21.4. The van der Waals surface area contributed by atoms with Crippen molar-refractivity contribution in [2.24, 2.45) is 11.8 Å². The zero-order valence-corrected chi connectivity index (χ0v) is 15.6. The van der Waals surface area contributed by atoms with Crippen molar-refractivity contribution >= 4 is 23.9 Å². The van der Waals surface area contributed by atoms with Crippen molar-refractivity contribution in [3.8, 4) is 0 Å². The van der Waals surface area contributed by atoms with E-state index in [1.165, 1.54) is 0 Å². The second-order valence-corrected chi connectivity index (χ2v) is 7.60. The predicted octanol–water partition coefficient (Wildman–Crippen LogP) is 4.24. The number of halogens is 1. The SMILES string of the molecule is O=Cc1cccc(CC[C@@H]2[C@@H](C/C=C\CCCC(=O)O)[C@H](Cl)C[C@H]2O)c1. The van der Waals surface area contributed by atoms with Crippen molar-refractivity contribution < 1.29 is 19.8 Å². The van der Waals surface area contributed by atoms with Gasteiger partial charge in [-0.05, 0) is 62.0 Å². The molecule has 0 unspecified atom stereocenters. The molecule has 1 aromatic carbocycles. The van der Waals surface area contributed by atoms with Crippen LogP contribution >= 0.6 is 11.6 Å².